The van der Waals surface area contributed by atoms with Crippen LogP contribution in [0.4, 0.5) is 0 Å². The fourth-order valence-electron chi connectivity index (χ4n) is 5.31. The van der Waals surface area contributed by atoms with Crippen molar-refractivity contribution < 1.29 is 19.1 Å². The van der Waals surface area contributed by atoms with Gasteiger partial charge in [0.1, 0.15) is 12.4 Å². The van der Waals surface area contributed by atoms with Crippen LogP contribution in [0.1, 0.15) is 54.9 Å². The number of hydrogen-bond donors (Lipinski definition) is 2. The van der Waals surface area contributed by atoms with Gasteiger partial charge in [0.2, 0.25) is 0 Å². The number of rotatable bonds is 11. The summed E-state index contributed by atoms with van der Waals surface area (Å²) in [7, 11) is 0. The van der Waals surface area contributed by atoms with Gasteiger partial charge in [-0.1, -0.05) is 61.5 Å². The molecule has 5 rings (SSSR count). The molecule has 0 bridgehead atoms. The third-order valence-electron chi connectivity index (χ3n) is 7.78. The minimum Gasteiger partial charge on any atom is -0.489 e. The normalized spacial score (nSPS) is 19.0. The van der Waals surface area contributed by atoms with E-state index in [4.69, 9.17) is 14.3 Å². The summed E-state index contributed by atoms with van der Waals surface area (Å²) in [6.45, 7) is 7.52. The number of hydrogen-bond acceptors (Lipinski definition) is 6. The van der Waals surface area contributed by atoms with Crippen LogP contribution in [0.3, 0.4) is 0 Å². The lowest BCUT2D eigenvalue weighted by Gasteiger charge is -2.31. The number of carbonyl (C=O) groups is 1. The average Bonchev–Trinajstić information content (AvgIpc) is 3.02. The number of piperidine rings is 1. The topological polar surface area (TPSA) is 72.1 Å². The smallest absolute Gasteiger partial charge is 0.274 e. The number of hydroxylamine groups is 1. The van der Waals surface area contributed by atoms with Crippen molar-refractivity contribution in [1.82, 2.24) is 15.7 Å². The van der Waals surface area contributed by atoms with Crippen molar-refractivity contribution in [1.29, 1.82) is 0 Å². The summed E-state index contributed by atoms with van der Waals surface area (Å²) in [4.78, 5) is 20.5. The largest absolute Gasteiger partial charge is 0.489 e. The molecule has 7 heteroatoms. The predicted octanol–water partition coefficient (Wildman–Crippen LogP) is 5.56. The molecule has 0 radical (unpaired) electrons. The molecule has 2 N–H and O–H groups in total. The molecule has 1 amide bonds. The van der Waals surface area contributed by atoms with E-state index in [1.54, 1.807) is 0 Å². The molecule has 3 aromatic carbocycles. The van der Waals surface area contributed by atoms with Crippen molar-refractivity contribution >= 4 is 22.8 Å². The SMILES string of the molecule is CCN1CCC(NC/C(=C/c2ccc(C(=O)NOC3CCCCO3)cc2)COc2cccc3ccccc23)CC1. The monoisotopic (exact) mass is 543 g/mol. The van der Waals surface area contributed by atoms with Gasteiger partial charge in [-0.25, -0.2) is 10.3 Å². The molecule has 7 nitrogen and oxygen atoms in total. The second-order valence-corrected chi connectivity index (χ2v) is 10.6. The van der Waals surface area contributed by atoms with Crippen LogP contribution in [0.25, 0.3) is 16.8 Å². The van der Waals surface area contributed by atoms with Crippen molar-refractivity contribution in [2.75, 3.05) is 39.4 Å². The van der Waals surface area contributed by atoms with E-state index < -0.39 is 0 Å². The molecule has 0 aromatic heterocycles. The minimum atomic E-state index is -0.370. The van der Waals surface area contributed by atoms with Crippen molar-refractivity contribution in [3.63, 3.8) is 0 Å². The van der Waals surface area contributed by atoms with Crippen molar-refractivity contribution in [2.24, 2.45) is 0 Å². The Morgan fingerprint density at radius 2 is 1.80 bits per heavy atom. The van der Waals surface area contributed by atoms with Crippen LogP contribution in [0.2, 0.25) is 0 Å². The Labute approximate surface area is 237 Å². The van der Waals surface area contributed by atoms with E-state index in [9.17, 15) is 4.79 Å². The molecule has 2 saturated heterocycles. The maximum absolute atomic E-state index is 12.6. The van der Waals surface area contributed by atoms with Crippen LogP contribution < -0.4 is 15.5 Å². The summed E-state index contributed by atoms with van der Waals surface area (Å²) in [5.41, 5.74) is 5.25. The molecule has 212 valence electrons. The minimum absolute atomic E-state index is 0.274. The number of likely N-dealkylation sites (tertiary alicyclic amines) is 1. The molecule has 2 aliphatic heterocycles. The highest BCUT2D eigenvalue weighted by Gasteiger charge is 2.18. The first kappa shape index (κ1) is 28.3. The number of amides is 1. The van der Waals surface area contributed by atoms with Gasteiger partial charge in [-0.3, -0.25) is 4.79 Å². The Morgan fingerprint density at radius 3 is 2.58 bits per heavy atom. The van der Waals surface area contributed by atoms with Gasteiger partial charge < -0.3 is 19.7 Å². The molecule has 0 aliphatic carbocycles. The summed E-state index contributed by atoms with van der Waals surface area (Å²) < 4.78 is 11.9. The average molecular weight is 544 g/mol. The number of nitrogens with zero attached hydrogens (tertiary/aromatic N) is 1. The van der Waals surface area contributed by atoms with Gasteiger partial charge in [0.25, 0.3) is 5.91 Å². The molecule has 40 heavy (non-hydrogen) atoms. The van der Waals surface area contributed by atoms with Crippen molar-refractivity contribution in [3.8, 4) is 5.75 Å². The van der Waals surface area contributed by atoms with Crippen LogP contribution in [-0.4, -0.2) is 62.5 Å². The first-order valence-corrected chi connectivity index (χ1v) is 14.6. The van der Waals surface area contributed by atoms with E-state index in [0.717, 1.165) is 80.6 Å². The van der Waals surface area contributed by atoms with Gasteiger partial charge in [0.05, 0.1) is 0 Å². The number of carbonyl (C=O) groups excluding carboxylic acids is 1. The quantitative estimate of drug-likeness (QED) is 0.309. The van der Waals surface area contributed by atoms with E-state index in [2.05, 4.69) is 46.9 Å². The van der Waals surface area contributed by atoms with E-state index in [1.807, 2.05) is 48.5 Å². The second kappa shape index (κ2) is 14.4. The van der Waals surface area contributed by atoms with E-state index in [1.165, 1.54) is 5.39 Å². The fraction of sp³-hybridized carbons (Fsp3) is 0.424. The molecule has 2 heterocycles. The number of benzene rings is 3. The standard InChI is InChI=1S/C33H41N3O4/c1-2-36-19-17-29(18-20-36)34-23-26(24-39-31-11-7-9-27-8-3-4-10-30(27)31)22-25-13-15-28(16-14-25)33(37)35-40-32-12-5-6-21-38-32/h3-4,7-11,13-16,22,29,32,34H,2,5-6,12,17-21,23-24H2,1H3,(H,35,37)/b26-22-. The highest BCUT2D eigenvalue weighted by molar-refractivity contribution is 5.93. The Hall–Kier alpha value is -3.23. The number of nitrogens with one attached hydrogen (secondary N) is 2. The Balaban J connectivity index is 1.24. The third kappa shape index (κ3) is 7.92. The van der Waals surface area contributed by atoms with Gasteiger partial charge in [0.15, 0.2) is 6.29 Å². The summed E-state index contributed by atoms with van der Waals surface area (Å²) in [5.74, 6) is 0.610. The molecular weight excluding hydrogens is 502 g/mol. The molecule has 2 fully saturated rings. The lowest BCUT2D eigenvalue weighted by Crippen LogP contribution is -2.43. The first-order chi connectivity index (χ1) is 19.7. The zero-order valence-corrected chi connectivity index (χ0v) is 23.4. The molecule has 1 unspecified atom stereocenters. The van der Waals surface area contributed by atoms with Gasteiger partial charge in [0, 0.05) is 36.6 Å². The van der Waals surface area contributed by atoms with Crippen LogP contribution >= 0.6 is 0 Å². The van der Waals surface area contributed by atoms with Crippen LogP contribution in [0.15, 0.2) is 72.3 Å². The Kier molecular flexibility index (Phi) is 10.2. The highest BCUT2D eigenvalue weighted by atomic mass is 16.8. The van der Waals surface area contributed by atoms with E-state index in [-0.39, 0.29) is 12.2 Å². The third-order valence-corrected chi connectivity index (χ3v) is 7.78. The lowest BCUT2D eigenvalue weighted by atomic mass is 10.0. The molecule has 2 aliphatic rings. The molecular formula is C33H41N3O4. The fourth-order valence-corrected chi connectivity index (χ4v) is 5.31. The maximum atomic E-state index is 12.6. The summed E-state index contributed by atoms with van der Waals surface area (Å²) in [6, 6.07) is 22.5. The van der Waals surface area contributed by atoms with Crippen molar-refractivity contribution in [2.45, 2.75) is 51.4 Å². The molecule has 0 saturated carbocycles. The molecule has 3 aromatic rings. The summed E-state index contributed by atoms with van der Waals surface area (Å²) >= 11 is 0. The predicted molar refractivity (Wildman–Crippen MR) is 159 cm³/mol. The maximum Gasteiger partial charge on any atom is 0.274 e. The van der Waals surface area contributed by atoms with E-state index in [0.29, 0.717) is 24.8 Å². The summed E-state index contributed by atoms with van der Waals surface area (Å²) in [5, 5.41) is 6.05. The number of fused-ring (bicyclic) bond motifs is 1. The van der Waals surface area contributed by atoms with Crippen LogP contribution in [0.5, 0.6) is 5.75 Å². The second-order valence-electron chi connectivity index (χ2n) is 10.6. The first-order valence-electron chi connectivity index (χ1n) is 14.6. The Morgan fingerprint density at radius 1 is 1.00 bits per heavy atom. The molecule has 0 spiro atoms. The zero-order chi connectivity index (χ0) is 27.6. The lowest BCUT2D eigenvalue weighted by molar-refractivity contribution is -0.186. The van der Waals surface area contributed by atoms with Gasteiger partial charge >= 0.3 is 0 Å². The highest BCUT2D eigenvalue weighted by Crippen LogP contribution is 2.26. The Bertz CT molecular complexity index is 1260. The molecule has 1 atom stereocenters. The summed E-state index contributed by atoms with van der Waals surface area (Å²) in [6.07, 6.45) is 6.97. The van der Waals surface area contributed by atoms with Gasteiger partial charge in [-0.15, -0.1) is 0 Å². The van der Waals surface area contributed by atoms with Gasteiger partial charge in [-0.2, -0.15) is 0 Å². The van der Waals surface area contributed by atoms with Crippen LogP contribution in [0, 0.1) is 0 Å². The number of ether oxygens (including phenoxy) is 2. The van der Waals surface area contributed by atoms with Gasteiger partial charge in [-0.05, 0) is 80.0 Å². The van der Waals surface area contributed by atoms with E-state index >= 15 is 0 Å². The van der Waals surface area contributed by atoms with Crippen molar-refractivity contribution in [3.05, 3.63) is 83.4 Å². The zero-order valence-electron chi connectivity index (χ0n) is 23.4. The van der Waals surface area contributed by atoms with Crippen LogP contribution in [-0.2, 0) is 9.57 Å².